The van der Waals surface area contributed by atoms with E-state index < -0.39 is 12.0 Å². The molecule has 18 heavy (non-hydrogen) atoms. The Kier molecular flexibility index (Phi) is 4.04. The molecule has 2 rings (SSSR count). The molecule has 0 aromatic heterocycles. The zero-order valence-corrected chi connectivity index (χ0v) is 11.0. The van der Waals surface area contributed by atoms with Crippen molar-refractivity contribution >= 4 is 17.6 Å². The average molecular weight is 266 g/mol. The highest BCUT2D eigenvalue weighted by molar-refractivity contribution is 6.25. The molecule has 1 aromatic carbocycles. The van der Waals surface area contributed by atoms with Crippen molar-refractivity contribution in [3.63, 3.8) is 0 Å². The first-order valence-corrected chi connectivity index (χ1v) is 6.37. The lowest BCUT2D eigenvalue weighted by atomic mass is 9.92. The van der Waals surface area contributed by atoms with Crippen LogP contribution in [0.3, 0.4) is 0 Å². The summed E-state index contributed by atoms with van der Waals surface area (Å²) in [5.74, 6) is -0.801. The van der Waals surface area contributed by atoms with Crippen molar-refractivity contribution in [1.82, 2.24) is 4.90 Å². The molecule has 1 N–H and O–H groups in total. The number of carboxylic acid groups (broad SMARTS) is 1. The largest absolute Gasteiger partial charge is 0.480 e. The number of rotatable bonds is 3. The molecular weight excluding hydrogens is 250 g/mol. The van der Waals surface area contributed by atoms with E-state index in [4.69, 9.17) is 11.6 Å². The Balaban J connectivity index is 2.33. The van der Waals surface area contributed by atoms with Crippen molar-refractivity contribution in [3.8, 4) is 0 Å². The molecule has 1 atom stereocenters. The summed E-state index contributed by atoms with van der Waals surface area (Å²) in [7, 11) is 0. The quantitative estimate of drug-likeness (QED) is 0.914. The maximum Gasteiger partial charge on any atom is 0.325 e. The van der Waals surface area contributed by atoms with Crippen LogP contribution in [0.15, 0.2) is 35.4 Å². The first-order chi connectivity index (χ1) is 8.63. The van der Waals surface area contributed by atoms with E-state index >= 15 is 0 Å². The molecule has 1 aliphatic heterocycles. The smallest absolute Gasteiger partial charge is 0.325 e. The highest BCUT2D eigenvalue weighted by atomic mass is 35.5. The van der Waals surface area contributed by atoms with Crippen LogP contribution in [0.2, 0.25) is 0 Å². The average Bonchev–Trinajstić information content (AvgIpc) is 2.37. The normalized spacial score (nSPS) is 20.6. The Morgan fingerprint density at radius 3 is 2.94 bits per heavy atom. The number of hydrogen-bond acceptors (Lipinski definition) is 2. The van der Waals surface area contributed by atoms with Crippen LogP contribution in [0, 0.1) is 0 Å². The van der Waals surface area contributed by atoms with Crippen molar-refractivity contribution in [2.45, 2.75) is 19.4 Å². The highest BCUT2D eigenvalue weighted by Crippen LogP contribution is 2.30. The molecule has 0 radical (unpaired) electrons. The Bertz CT molecular complexity index is 484. The highest BCUT2D eigenvalue weighted by Gasteiger charge is 2.32. The van der Waals surface area contributed by atoms with E-state index in [9.17, 15) is 9.90 Å². The van der Waals surface area contributed by atoms with Crippen molar-refractivity contribution in [3.05, 3.63) is 46.5 Å². The Labute approximate surface area is 112 Å². The summed E-state index contributed by atoms with van der Waals surface area (Å²) in [5.41, 5.74) is 4.52. The Morgan fingerprint density at radius 1 is 1.56 bits per heavy atom. The first kappa shape index (κ1) is 13.1. The molecule has 1 unspecified atom stereocenters. The van der Waals surface area contributed by atoms with Gasteiger partial charge in [0.05, 0.1) is 0 Å². The standard InChI is InChI=1S/C14H16ClNO2/c1-10(8-15)9-16-7-6-11-4-2-3-5-12(11)13(16)14(17)18/h2-5,8,13H,6-7,9H2,1H3,(H,17,18)/b10-8-. The molecule has 4 heteroatoms. The van der Waals surface area contributed by atoms with Gasteiger partial charge in [0, 0.05) is 18.6 Å². The molecule has 3 nitrogen and oxygen atoms in total. The summed E-state index contributed by atoms with van der Waals surface area (Å²) < 4.78 is 0. The van der Waals surface area contributed by atoms with Gasteiger partial charge in [-0.05, 0) is 30.0 Å². The number of nitrogens with zero attached hydrogens (tertiary/aromatic N) is 1. The Morgan fingerprint density at radius 2 is 2.28 bits per heavy atom. The topological polar surface area (TPSA) is 40.5 Å². The fraction of sp³-hybridized carbons (Fsp3) is 0.357. The number of halogens is 1. The van der Waals surface area contributed by atoms with Crippen molar-refractivity contribution in [2.24, 2.45) is 0 Å². The van der Waals surface area contributed by atoms with E-state index in [0.29, 0.717) is 6.54 Å². The zero-order chi connectivity index (χ0) is 13.1. The number of benzene rings is 1. The van der Waals surface area contributed by atoms with Crippen LogP contribution in [0.5, 0.6) is 0 Å². The molecular formula is C14H16ClNO2. The molecule has 0 saturated heterocycles. The zero-order valence-electron chi connectivity index (χ0n) is 10.3. The molecule has 0 aliphatic carbocycles. The molecule has 0 amide bonds. The fourth-order valence-electron chi connectivity index (χ4n) is 2.43. The van der Waals surface area contributed by atoms with Crippen LogP contribution in [0.25, 0.3) is 0 Å². The predicted molar refractivity (Wildman–Crippen MR) is 71.7 cm³/mol. The van der Waals surface area contributed by atoms with Crippen LogP contribution >= 0.6 is 11.6 Å². The van der Waals surface area contributed by atoms with Crippen LogP contribution in [-0.2, 0) is 11.2 Å². The first-order valence-electron chi connectivity index (χ1n) is 5.94. The van der Waals surface area contributed by atoms with Crippen molar-refractivity contribution in [1.29, 1.82) is 0 Å². The van der Waals surface area contributed by atoms with E-state index in [1.54, 1.807) is 0 Å². The van der Waals surface area contributed by atoms with Crippen molar-refractivity contribution in [2.75, 3.05) is 13.1 Å². The van der Waals surface area contributed by atoms with Gasteiger partial charge in [0.2, 0.25) is 0 Å². The number of carbonyl (C=O) groups is 1. The molecule has 1 aromatic rings. The van der Waals surface area contributed by atoms with Gasteiger partial charge in [-0.25, -0.2) is 0 Å². The van der Waals surface area contributed by atoms with Gasteiger partial charge in [0.25, 0.3) is 0 Å². The van der Waals surface area contributed by atoms with Crippen LogP contribution in [0.1, 0.15) is 24.1 Å². The van der Waals surface area contributed by atoms with Crippen LogP contribution < -0.4 is 0 Å². The third kappa shape index (κ3) is 2.57. The summed E-state index contributed by atoms with van der Waals surface area (Å²) in [5, 5.41) is 9.45. The lowest BCUT2D eigenvalue weighted by Gasteiger charge is -2.34. The molecule has 0 bridgehead atoms. The van der Waals surface area contributed by atoms with Gasteiger partial charge in [-0.1, -0.05) is 35.9 Å². The second kappa shape index (κ2) is 5.55. The predicted octanol–water partition coefficient (Wildman–Crippen LogP) is 2.81. The number of hydrogen-bond donors (Lipinski definition) is 1. The molecule has 0 spiro atoms. The maximum absolute atomic E-state index is 11.5. The van der Waals surface area contributed by atoms with Gasteiger partial charge in [-0.3, -0.25) is 9.69 Å². The fourth-order valence-corrected chi connectivity index (χ4v) is 2.50. The SMILES string of the molecule is C/C(=C/Cl)CN1CCc2ccccc2C1C(=O)O. The minimum absolute atomic E-state index is 0.568. The number of aliphatic carboxylic acids is 1. The summed E-state index contributed by atoms with van der Waals surface area (Å²) in [6, 6.07) is 7.19. The van der Waals surface area contributed by atoms with Gasteiger partial charge in [-0.15, -0.1) is 0 Å². The van der Waals surface area contributed by atoms with Gasteiger partial charge in [0.15, 0.2) is 0 Å². The third-order valence-corrected chi connectivity index (χ3v) is 3.63. The summed E-state index contributed by atoms with van der Waals surface area (Å²) in [6.45, 7) is 3.25. The lowest BCUT2D eigenvalue weighted by Crippen LogP contribution is -2.40. The number of fused-ring (bicyclic) bond motifs is 1. The molecule has 96 valence electrons. The van der Waals surface area contributed by atoms with E-state index in [0.717, 1.165) is 29.7 Å². The van der Waals surface area contributed by atoms with Gasteiger partial charge < -0.3 is 5.11 Å². The van der Waals surface area contributed by atoms with E-state index in [1.165, 1.54) is 5.54 Å². The molecule has 0 fully saturated rings. The Hall–Kier alpha value is -1.32. The minimum Gasteiger partial charge on any atom is -0.480 e. The van der Waals surface area contributed by atoms with E-state index in [-0.39, 0.29) is 0 Å². The second-order valence-electron chi connectivity index (χ2n) is 4.62. The van der Waals surface area contributed by atoms with Crippen molar-refractivity contribution < 1.29 is 9.90 Å². The monoisotopic (exact) mass is 265 g/mol. The summed E-state index contributed by atoms with van der Waals surface area (Å²) in [4.78, 5) is 13.5. The third-order valence-electron chi connectivity index (χ3n) is 3.26. The van der Waals surface area contributed by atoms with Crippen LogP contribution in [0.4, 0.5) is 0 Å². The molecule has 1 aliphatic rings. The minimum atomic E-state index is -0.801. The molecule has 1 heterocycles. The molecule has 0 saturated carbocycles. The second-order valence-corrected chi connectivity index (χ2v) is 4.83. The lowest BCUT2D eigenvalue weighted by molar-refractivity contribution is -0.143. The van der Waals surface area contributed by atoms with Crippen LogP contribution in [-0.4, -0.2) is 29.1 Å². The summed E-state index contributed by atoms with van der Waals surface area (Å²) in [6.07, 6.45) is 0.884. The van der Waals surface area contributed by atoms with Gasteiger partial charge in [-0.2, -0.15) is 0 Å². The number of carboxylic acids is 1. The maximum atomic E-state index is 11.5. The van der Waals surface area contributed by atoms with E-state index in [1.807, 2.05) is 36.1 Å². The van der Waals surface area contributed by atoms with E-state index in [2.05, 4.69) is 0 Å². The summed E-state index contributed by atoms with van der Waals surface area (Å²) >= 11 is 5.66. The van der Waals surface area contributed by atoms with Gasteiger partial charge >= 0.3 is 5.97 Å². The van der Waals surface area contributed by atoms with Gasteiger partial charge in [0.1, 0.15) is 6.04 Å².